The minimum Gasteiger partial charge on any atom is -0.409 e. The number of nitrogens with one attached hydrogen (secondary N) is 1. The van der Waals surface area contributed by atoms with Crippen LogP contribution in [0.5, 0.6) is 0 Å². The molecule has 0 atom stereocenters. The second kappa shape index (κ2) is 2.86. The van der Waals surface area contributed by atoms with Crippen LogP contribution in [0.4, 0.5) is 5.69 Å². The molecular weight excluding hydrogens is 166 g/mol. The van der Waals surface area contributed by atoms with E-state index >= 15 is 0 Å². The molecule has 0 fully saturated rings. The van der Waals surface area contributed by atoms with Gasteiger partial charge >= 0.3 is 5.69 Å². The molecular formula is C4H5N5O3. The Labute approximate surface area is 65.8 Å². The number of nitrogens with zero attached hydrogens (tertiary/aromatic N) is 3. The van der Waals surface area contributed by atoms with Gasteiger partial charge in [-0.3, -0.25) is 15.2 Å². The number of H-pyrrole nitrogens is 1. The minimum absolute atomic E-state index is 0.109. The van der Waals surface area contributed by atoms with Crippen molar-refractivity contribution in [2.45, 2.75) is 0 Å². The average molecular weight is 171 g/mol. The zero-order valence-corrected chi connectivity index (χ0v) is 5.76. The van der Waals surface area contributed by atoms with Crippen molar-refractivity contribution in [1.82, 2.24) is 10.2 Å². The van der Waals surface area contributed by atoms with E-state index in [0.29, 0.717) is 0 Å². The minimum atomic E-state index is -0.684. The van der Waals surface area contributed by atoms with Crippen molar-refractivity contribution in [3.63, 3.8) is 0 Å². The Morgan fingerprint density at radius 2 is 2.58 bits per heavy atom. The van der Waals surface area contributed by atoms with E-state index in [4.69, 9.17) is 10.9 Å². The normalized spacial score (nSPS) is 11.5. The highest BCUT2D eigenvalue weighted by Crippen LogP contribution is 2.13. The van der Waals surface area contributed by atoms with Gasteiger partial charge in [-0.05, 0) is 0 Å². The van der Waals surface area contributed by atoms with Crippen LogP contribution in [0.3, 0.4) is 0 Å². The number of oxime groups is 1. The summed E-state index contributed by atoms with van der Waals surface area (Å²) in [7, 11) is 0. The molecule has 64 valence electrons. The molecule has 8 heteroatoms. The predicted molar refractivity (Wildman–Crippen MR) is 37.8 cm³/mol. The fourth-order valence-corrected chi connectivity index (χ4v) is 0.657. The first kappa shape index (κ1) is 7.98. The van der Waals surface area contributed by atoms with E-state index < -0.39 is 4.92 Å². The van der Waals surface area contributed by atoms with E-state index in [0.717, 1.165) is 6.20 Å². The molecule has 1 rings (SSSR count). The third-order valence-electron chi connectivity index (χ3n) is 1.18. The molecule has 0 aliphatic heterocycles. The summed E-state index contributed by atoms with van der Waals surface area (Å²) >= 11 is 0. The lowest BCUT2D eigenvalue weighted by atomic mass is 10.3. The number of nitrogens with two attached hydrogens (primary N) is 1. The van der Waals surface area contributed by atoms with Crippen LogP contribution >= 0.6 is 0 Å². The molecule has 0 spiro atoms. The van der Waals surface area contributed by atoms with Crippen molar-refractivity contribution in [2.24, 2.45) is 10.9 Å². The van der Waals surface area contributed by atoms with Gasteiger partial charge in [0.05, 0.1) is 4.92 Å². The molecule has 0 unspecified atom stereocenters. The summed E-state index contributed by atoms with van der Waals surface area (Å²) in [6.07, 6.45) is 0.980. The quantitative estimate of drug-likeness (QED) is 0.180. The zero-order valence-electron chi connectivity index (χ0n) is 5.76. The zero-order chi connectivity index (χ0) is 9.14. The Morgan fingerprint density at radius 1 is 1.92 bits per heavy atom. The summed E-state index contributed by atoms with van der Waals surface area (Å²) in [6.45, 7) is 0. The van der Waals surface area contributed by atoms with Crippen molar-refractivity contribution in [2.75, 3.05) is 0 Å². The van der Waals surface area contributed by atoms with Gasteiger partial charge in [0.15, 0.2) is 11.5 Å². The number of rotatable bonds is 2. The smallest absolute Gasteiger partial charge is 0.317 e. The van der Waals surface area contributed by atoms with Crippen LogP contribution in [-0.2, 0) is 0 Å². The molecule has 1 aromatic heterocycles. The Kier molecular flexibility index (Phi) is 1.90. The molecule has 8 nitrogen and oxygen atoms in total. The van der Waals surface area contributed by atoms with Crippen LogP contribution in [0.15, 0.2) is 11.4 Å². The van der Waals surface area contributed by atoms with E-state index in [1.54, 1.807) is 0 Å². The van der Waals surface area contributed by atoms with Crippen molar-refractivity contribution in [3.8, 4) is 0 Å². The van der Waals surface area contributed by atoms with Crippen LogP contribution in [0.1, 0.15) is 5.69 Å². The molecule has 0 saturated carbocycles. The standard InChI is InChI=1S/C4H5N5O3/c5-4(8-10)3-2(9(11)12)1-6-7-3/h1,10H,(H2,5,8)(H,6,7). The van der Waals surface area contributed by atoms with Crippen LogP contribution in [0, 0.1) is 10.1 Å². The second-order valence-electron chi connectivity index (χ2n) is 1.87. The van der Waals surface area contributed by atoms with E-state index in [9.17, 15) is 10.1 Å². The van der Waals surface area contributed by atoms with Gasteiger partial charge in [-0.25, -0.2) is 0 Å². The van der Waals surface area contributed by atoms with Crippen molar-refractivity contribution in [3.05, 3.63) is 22.0 Å². The number of aromatic amines is 1. The summed E-state index contributed by atoms with van der Waals surface area (Å²) in [5, 5.41) is 26.7. The van der Waals surface area contributed by atoms with Crippen molar-refractivity contribution >= 4 is 11.5 Å². The van der Waals surface area contributed by atoms with E-state index in [1.807, 2.05) is 0 Å². The summed E-state index contributed by atoms with van der Waals surface area (Å²) in [4.78, 5) is 9.57. The summed E-state index contributed by atoms with van der Waals surface area (Å²) in [6, 6.07) is 0. The predicted octanol–water partition coefficient (Wildman–Crippen LogP) is -0.588. The van der Waals surface area contributed by atoms with Gasteiger partial charge in [0.2, 0.25) is 0 Å². The van der Waals surface area contributed by atoms with Gasteiger partial charge in [-0.2, -0.15) is 5.10 Å². The first-order valence-electron chi connectivity index (χ1n) is 2.82. The summed E-state index contributed by atoms with van der Waals surface area (Å²) in [5.74, 6) is -0.376. The van der Waals surface area contributed by atoms with Crippen LogP contribution < -0.4 is 5.73 Å². The fourth-order valence-electron chi connectivity index (χ4n) is 0.657. The number of nitro groups is 1. The number of hydrogen-bond donors (Lipinski definition) is 3. The monoisotopic (exact) mass is 171 g/mol. The fraction of sp³-hybridized carbons (Fsp3) is 0. The highest BCUT2D eigenvalue weighted by atomic mass is 16.6. The maximum Gasteiger partial charge on any atom is 0.317 e. The van der Waals surface area contributed by atoms with Crippen LogP contribution in [0.25, 0.3) is 0 Å². The number of hydrogen-bond acceptors (Lipinski definition) is 5. The van der Waals surface area contributed by atoms with Crippen LogP contribution in [0.2, 0.25) is 0 Å². The highest BCUT2D eigenvalue weighted by Gasteiger charge is 2.19. The van der Waals surface area contributed by atoms with E-state index in [-0.39, 0.29) is 17.2 Å². The van der Waals surface area contributed by atoms with Gasteiger partial charge in [0.1, 0.15) is 6.20 Å². The van der Waals surface area contributed by atoms with Gasteiger partial charge in [0, 0.05) is 0 Å². The third-order valence-corrected chi connectivity index (χ3v) is 1.18. The number of aromatic nitrogens is 2. The number of amidine groups is 1. The molecule has 0 radical (unpaired) electrons. The Bertz CT molecular complexity index is 329. The average Bonchev–Trinajstić information content (AvgIpc) is 2.50. The SMILES string of the molecule is NC(=NO)c1[nH]ncc1[N+](=O)[O-]. The topological polar surface area (TPSA) is 130 Å². The van der Waals surface area contributed by atoms with Crippen molar-refractivity contribution in [1.29, 1.82) is 0 Å². The molecule has 12 heavy (non-hydrogen) atoms. The van der Waals surface area contributed by atoms with E-state index in [1.165, 1.54) is 0 Å². The molecule has 0 amide bonds. The third kappa shape index (κ3) is 1.17. The van der Waals surface area contributed by atoms with Gasteiger partial charge in [0.25, 0.3) is 0 Å². The van der Waals surface area contributed by atoms with Gasteiger partial charge < -0.3 is 10.9 Å². The first-order valence-corrected chi connectivity index (χ1v) is 2.82. The molecule has 4 N–H and O–H groups in total. The molecule has 0 aromatic carbocycles. The summed E-state index contributed by atoms with van der Waals surface area (Å²) < 4.78 is 0. The Hall–Kier alpha value is -2.12. The molecule has 0 aliphatic rings. The molecule has 0 aliphatic carbocycles. The largest absolute Gasteiger partial charge is 0.409 e. The van der Waals surface area contributed by atoms with Gasteiger partial charge in [-0.15, -0.1) is 0 Å². The molecule has 0 bridgehead atoms. The maximum absolute atomic E-state index is 10.3. The molecule has 1 aromatic rings. The molecule has 1 heterocycles. The lowest BCUT2D eigenvalue weighted by Crippen LogP contribution is -2.15. The van der Waals surface area contributed by atoms with E-state index in [2.05, 4.69) is 15.4 Å². The lowest BCUT2D eigenvalue weighted by molar-refractivity contribution is -0.385. The Balaban J connectivity index is 3.16. The van der Waals surface area contributed by atoms with Crippen molar-refractivity contribution < 1.29 is 10.1 Å². The Morgan fingerprint density at radius 3 is 3.08 bits per heavy atom. The first-order chi connectivity index (χ1) is 5.66. The lowest BCUT2D eigenvalue weighted by Gasteiger charge is -1.91. The maximum atomic E-state index is 10.3. The van der Waals surface area contributed by atoms with Gasteiger partial charge in [-0.1, -0.05) is 5.16 Å². The molecule has 0 saturated heterocycles. The van der Waals surface area contributed by atoms with Crippen LogP contribution in [-0.4, -0.2) is 26.2 Å². The highest BCUT2D eigenvalue weighted by molar-refractivity contribution is 5.98. The summed E-state index contributed by atoms with van der Waals surface area (Å²) in [5.41, 5.74) is 4.66. The second-order valence-corrected chi connectivity index (χ2v) is 1.87.